The van der Waals surface area contributed by atoms with Crippen LogP contribution in [0.5, 0.6) is 0 Å². The van der Waals surface area contributed by atoms with Crippen molar-refractivity contribution < 1.29 is 9.90 Å². The fourth-order valence-corrected chi connectivity index (χ4v) is 0.762. The van der Waals surface area contributed by atoms with E-state index in [1.807, 2.05) is 0 Å². The first-order valence-corrected chi connectivity index (χ1v) is 3.31. The van der Waals surface area contributed by atoms with Gasteiger partial charge in [0.15, 0.2) is 0 Å². The molecule has 1 atom stereocenters. The van der Waals surface area contributed by atoms with Crippen molar-refractivity contribution in [1.29, 1.82) is 0 Å². The van der Waals surface area contributed by atoms with Crippen LogP contribution >= 0.6 is 0 Å². The summed E-state index contributed by atoms with van der Waals surface area (Å²) >= 11 is 0. The summed E-state index contributed by atoms with van der Waals surface area (Å²) in [6, 6.07) is 1.91. The molecule has 0 fully saturated rings. The van der Waals surface area contributed by atoms with Gasteiger partial charge in [0, 0.05) is 11.9 Å². The first-order chi connectivity index (χ1) is 5.61. The van der Waals surface area contributed by atoms with E-state index in [9.17, 15) is 4.79 Å². The van der Waals surface area contributed by atoms with Gasteiger partial charge in [0.25, 0.3) is 0 Å². The van der Waals surface area contributed by atoms with Crippen molar-refractivity contribution in [3.8, 4) is 0 Å². The minimum atomic E-state index is -1.12. The number of carbonyl (C=O) groups is 1. The molecule has 1 aromatic heterocycles. The summed E-state index contributed by atoms with van der Waals surface area (Å²) in [5.41, 5.74) is 11.4. The number of hydrogen-bond donors (Lipinski definition) is 3. The van der Waals surface area contributed by atoms with Crippen molar-refractivity contribution >= 4 is 11.7 Å². The maximum Gasteiger partial charge on any atom is 0.326 e. The smallest absolute Gasteiger partial charge is 0.326 e. The highest BCUT2D eigenvalue weighted by atomic mass is 16.4. The average molecular weight is 167 g/mol. The lowest BCUT2D eigenvalue weighted by molar-refractivity contribution is -0.138. The molecule has 0 unspecified atom stereocenters. The molecule has 5 N–H and O–H groups in total. The summed E-state index contributed by atoms with van der Waals surface area (Å²) in [6.07, 6.45) is 1.42. The van der Waals surface area contributed by atoms with E-state index in [0.29, 0.717) is 5.69 Å². The Morgan fingerprint density at radius 3 is 2.83 bits per heavy atom. The van der Waals surface area contributed by atoms with Crippen LogP contribution < -0.4 is 11.5 Å². The van der Waals surface area contributed by atoms with Crippen molar-refractivity contribution in [2.75, 3.05) is 5.73 Å². The normalized spacial score (nSPS) is 12.4. The summed E-state index contributed by atoms with van der Waals surface area (Å²) in [6.45, 7) is 0. The second kappa shape index (κ2) is 3.19. The van der Waals surface area contributed by atoms with E-state index in [0.717, 1.165) is 0 Å². The number of aromatic nitrogens is 1. The van der Waals surface area contributed by atoms with Crippen molar-refractivity contribution in [3.63, 3.8) is 0 Å². The summed E-state index contributed by atoms with van der Waals surface area (Å²) in [7, 11) is 0. The first kappa shape index (κ1) is 8.48. The maximum absolute atomic E-state index is 10.4. The lowest BCUT2D eigenvalue weighted by atomic mass is 10.2. The zero-order valence-corrected chi connectivity index (χ0v) is 6.27. The van der Waals surface area contributed by atoms with Gasteiger partial charge in [-0.1, -0.05) is 0 Å². The SMILES string of the molecule is Nc1ccnc([C@H](N)C(=O)O)c1. The van der Waals surface area contributed by atoms with Crippen LogP contribution in [-0.4, -0.2) is 16.1 Å². The quantitative estimate of drug-likeness (QED) is 0.563. The Kier molecular flexibility index (Phi) is 2.25. The van der Waals surface area contributed by atoms with E-state index in [4.69, 9.17) is 16.6 Å². The highest BCUT2D eigenvalue weighted by molar-refractivity contribution is 5.74. The van der Waals surface area contributed by atoms with Gasteiger partial charge in [-0.3, -0.25) is 9.78 Å². The Morgan fingerprint density at radius 1 is 1.67 bits per heavy atom. The van der Waals surface area contributed by atoms with Crippen molar-refractivity contribution in [2.24, 2.45) is 5.73 Å². The van der Waals surface area contributed by atoms with Crippen molar-refractivity contribution in [1.82, 2.24) is 4.98 Å². The topological polar surface area (TPSA) is 102 Å². The molecule has 1 heterocycles. The average Bonchev–Trinajstić information content (AvgIpc) is 2.03. The highest BCUT2D eigenvalue weighted by Gasteiger charge is 2.15. The third-order valence-electron chi connectivity index (χ3n) is 1.39. The number of pyridine rings is 1. The standard InChI is InChI=1S/C7H9N3O2/c8-4-1-2-10-5(3-4)6(9)7(11)12/h1-3,6H,9H2,(H2,8,10)(H,11,12)/t6-/m0/s1. The summed E-state index contributed by atoms with van der Waals surface area (Å²) in [4.78, 5) is 14.2. The largest absolute Gasteiger partial charge is 0.480 e. The number of rotatable bonds is 2. The van der Waals surface area contributed by atoms with E-state index in [1.54, 1.807) is 6.07 Å². The Morgan fingerprint density at radius 2 is 2.33 bits per heavy atom. The molecule has 0 bridgehead atoms. The van der Waals surface area contributed by atoms with Gasteiger partial charge < -0.3 is 16.6 Å². The molecule has 0 aliphatic carbocycles. The molecule has 5 heteroatoms. The molecule has 0 saturated heterocycles. The van der Waals surface area contributed by atoms with Gasteiger partial charge in [-0.05, 0) is 12.1 Å². The second-order valence-corrected chi connectivity index (χ2v) is 2.33. The third-order valence-corrected chi connectivity index (χ3v) is 1.39. The van der Waals surface area contributed by atoms with E-state index in [-0.39, 0.29) is 5.69 Å². The van der Waals surface area contributed by atoms with Gasteiger partial charge >= 0.3 is 5.97 Å². The number of carboxylic acid groups (broad SMARTS) is 1. The monoisotopic (exact) mass is 167 g/mol. The van der Waals surface area contributed by atoms with Crippen LogP contribution in [0.4, 0.5) is 5.69 Å². The van der Waals surface area contributed by atoms with Gasteiger partial charge in [-0.2, -0.15) is 0 Å². The lowest BCUT2D eigenvalue weighted by Gasteiger charge is -2.04. The van der Waals surface area contributed by atoms with Crippen LogP contribution in [0, 0.1) is 0 Å². The molecule has 0 aliphatic heterocycles. The van der Waals surface area contributed by atoms with Gasteiger partial charge in [0.1, 0.15) is 6.04 Å². The Bertz CT molecular complexity index is 300. The highest BCUT2D eigenvalue weighted by Crippen LogP contribution is 2.09. The van der Waals surface area contributed by atoms with Crippen LogP contribution in [0.1, 0.15) is 11.7 Å². The minimum Gasteiger partial charge on any atom is -0.480 e. The Hall–Kier alpha value is -1.62. The molecule has 64 valence electrons. The van der Waals surface area contributed by atoms with E-state index < -0.39 is 12.0 Å². The molecule has 0 aliphatic rings. The van der Waals surface area contributed by atoms with Gasteiger partial charge in [0.2, 0.25) is 0 Å². The predicted octanol–water partition coefficient (Wildman–Crippen LogP) is -0.252. The van der Waals surface area contributed by atoms with Crippen LogP contribution in [-0.2, 0) is 4.79 Å². The molecule has 5 nitrogen and oxygen atoms in total. The van der Waals surface area contributed by atoms with Gasteiger partial charge in [0.05, 0.1) is 5.69 Å². The van der Waals surface area contributed by atoms with E-state index in [1.165, 1.54) is 12.3 Å². The van der Waals surface area contributed by atoms with Gasteiger partial charge in [-0.25, -0.2) is 0 Å². The van der Waals surface area contributed by atoms with Crippen LogP contribution in [0.15, 0.2) is 18.3 Å². The van der Waals surface area contributed by atoms with Crippen LogP contribution in [0.25, 0.3) is 0 Å². The summed E-state index contributed by atoms with van der Waals surface area (Å²) in [5, 5.41) is 8.52. The molecule has 0 aromatic carbocycles. The molecule has 0 amide bonds. The number of anilines is 1. The molecular weight excluding hydrogens is 158 g/mol. The van der Waals surface area contributed by atoms with E-state index in [2.05, 4.69) is 4.98 Å². The van der Waals surface area contributed by atoms with Gasteiger partial charge in [-0.15, -0.1) is 0 Å². The molecular formula is C7H9N3O2. The summed E-state index contributed by atoms with van der Waals surface area (Å²) in [5.74, 6) is -1.12. The lowest BCUT2D eigenvalue weighted by Crippen LogP contribution is -2.21. The molecule has 0 saturated carbocycles. The van der Waals surface area contributed by atoms with Crippen molar-refractivity contribution in [2.45, 2.75) is 6.04 Å². The number of aliphatic carboxylic acids is 1. The van der Waals surface area contributed by atoms with Crippen LogP contribution in [0.2, 0.25) is 0 Å². The number of nitrogens with two attached hydrogens (primary N) is 2. The fourth-order valence-electron chi connectivity index (χ4n) is 0.762. The molecule has 0 spiro atoms. The predicted molar refractivity (Wildman–Crippen MR) is 43.2 cm³/mol. The molecule has 12 heavy (non-hydrogen) atoms. The second-order valence-electron chi connectivity index (χ2n) is 2.33. The molecule has 1 rings (SSSR count). The first-order valence-electron chi connectivity index (χ1n) is 3.31. The Labute approximate surface area is 69.0 Å². The Balaban J connectivity index is 2.95. The van der Waals surface area contributed by atoms with E-state index >= 15 is 0 Å². The molecule has 0 radical (unpaired) electrons. The number of nitrogen functional groups attached to an aromatic ring is 1. The number of nitrogens with zero attached hydrogens (tertiary/aromatic N) is 1. The van der Waals surface area contributed by atoms with Crippen molar-refractivity contribution in [3.05, 3.63) is 24.0 Å². The summed E-state index contributed by atoms with van der Waals surface area (Å²) < 4.78 is 0. The minimum absolute atomic E-state index is 0.266. The maximum atomic E-state index is 10.4. The van der Waals surface area contributed by atoms with Crippen LogP contribution in [0.3, 0.4) is 0 Å². The molecule has 1 aromatic rings. The number of hydrogen-bond acceptors (Lipinski definition) is 4. The zero-order valence-electron chi connectivity index (χ0n) is 6.27. The third kappa shape index (κ3) is 1.70. The fraction of sp³-hybridized carbons (Fsp3) is 0.143. The zero-order chi connectivity index (χ0) is 9.14. The number of carboxylic acids is 1.